The van der Waals surface area contributed by atoms with Crippen molar-refractivity contribution in [3.8, 4) is 0 Å². The van der Waals surface area contributed by atoms with Crippen LogP contribution in [0.25, 0.3) is 0 Å². The summed E-state index contributed by atoms with van der Waals surface area (Å²) < 4.78 is 0. The van der Waals surface area contributed by atoms with Gasteiger partial charge in [-0.1, -0.05) is 26.0 Å². The molecule has 0 bridgehead atoms. The Morgan fingerprint density at radius 2 is 1.75 bits per heavy atom. The van der Waals surface area contributed by atoms with Crippen molar-refractivity contribution in [2.45, 2.75) is 20.4 Å². The summed E-state index contributed by atoms with van der Waals surface area (Å²) in [5, 5.41) is 2.94. The monoisotopic (exact) mass is 277 g/mol. The fourth-order valence-corrected chi connectivity index (χ4v) is 1.89. The Labute approximate surface area is 122 Å². The average molecular weight is 277 g/mol. The van der Waals surface area contributed by atoms with Crippen molar-refractivity contribution < 1.29 is 4.79 Å². The van der Waals surface area contributed by atoms with E-state index >= 15 is 0 Å². The first-order chi connectivity index (χ1) is 9.38. The predicted molar refractivity (Wildman–Crippen MR) is 85.0 cm³/mol. The smallest absolute Gasteiger partial charge is 0.234 e. The van der Waals surface area contributed by atoms with E-state index in [1.165, 1.54) is 11.3 Å². The summed E-state index contributed by atoms with van der Waals surface area (Å²) in [6.45, 7) is 6.14. The Kier molecular flexibility index (Phi) is 6.52. The molecule has 0 aliphatic heterocycles. The molecule has 20 heavy (non-hydrogen) atoms. The molecule has 0 heterocycles. The Morgan fingerprint density at radius 3 is 2.25 bits per heavy atom. The van der Waals surface area contributed by atoms with Gasteiger partial charge in [0.25, 0.3) is 0 Å². The lowest BCUT2D eigenvalue weighted by Gasteiger charge is -2.18. The van der Waals surface area contributed by atoms with Gasteiger partial charge in [0.15, 0.2) is 0 Å². The van der Waals surface area contributed by atoms with Gasteiger partial charge in [0, 0.05) is 32.9 Å². The highest BCUT2D eigenvalue weighted by molar-refractivity contribution is 5.77. The first kappa shape index (κ1) is 16.5. The maximum atomic E-state index is 11.7. The third-order valence-electron chi connectivity index (χ3n) is 3.03. The Bertz CT molecular complexity index is 412. The molecule has 4 nitrogen and oxygen atoms in total. The molecule has 0 radical (unpaired) electrons. The molecule has 1 N–H and O–H groups in total. The molecule has 0 saturated carbocycles. The molecule has 4 heteroatoms. The fraction of sp³-hybridized carbons (Fsp3) is 0.562. The Hall–Kier alpha value is -1.55. The molecular formula is C16H27N3O. The van der Waals surface area contributed by atoms with E-state index in [9.17, 15) is 4.79 Å². The third kappa shape index (κ3) is 6.06. The summed E-state index contributed by atoms with van der Waals surface area (Å²) in [7, 11) is 6.02. The van der Waals surface area contributed by atoms with Gasteiger partial charge in [0.1, 0.15) is 0 Å². The van der Waals surface area contributed by atoms with E-state index in [-0.39, 0.29) is 5.91 Å². The molecule has 1 aromatic carbocycles. The summed E-state index contributed by atoms with van der Waals surface area (Å²) in [5.41, 5.74) is 2.40. The van der Waals surface area contributed by atoms with Gasteiger partial charge in [0.2, 0.25) is 5.91 Å². The summed E-state index contributed by atoms with van der Waals surface area (Å²) in [4.78, 5) is 15.8. The molecular weight excluding hydrogens is 250 g/mol. The van der Waals surface area contributed by atoms with E-state index in [1.807, 2.05) is 26.0 Å². The molecule has 0 fully saturated rings. The van der Waals surface area contributed by atoms with Crippen molar-refractivity contribution in [1.82, 2.24) is 10.2 Å². The number of carbonyl (C=O) groups is 1. The fourth-order valence-electron chi connectivity index (χ4n) is 1.89. The predicted octanol–water partition coefficient (Wildman–Crippen LogP) is 1.96. The number of rotatable bonds is 7. The van der Waals surface area contributed by atoms with Gasteiger partial charge in [-0.15, -0.1) is 0 Å². The Balaban J connectivity index is 2.41. The quantitative estimate of drug-likeness (QED) is 0.827. The van der Waals surface area contributed by atoms with Crippen molar-refractivity contribution in [2.24, 2.45) is 5.92 Å². The first-order valence-electron chi connectivity index (χ1n) is 7.10. The maximum absolute atomic E-state index is 11.7. The molecule has 0 aliphatic rings. The lowest BCUT2D eigenvalue weighted by molar-refractivity contribution is -0.122. The van der Waals surface area contributed by atoms with Gasteiger partial charge in [-0.25, -0.2) is 0 Å². The van der Waals surface area contributed by atoms with Crippen LogP contribution >= 0.6 is 0 Å². The first-order valence-corrected chi connectivity index (χ1v) is 7.10. The minimum absolute atomic E-state index is 0.0890. The van der Waals surface area contributed by atoms with Crippen LogP contribution < -0.4 is 10.2 Å². The number of hydrogen-bond acceptors (Lipinski definition) is 3. The molecule has 0 aliphatic carbocycles. The highest BCUT2D eigenvalue weighted by atomic mass is 16.2. The van der Waals surface area contributed by atoms with E-state index in [4.69, 9.17) is 0 Å². The minimum Gasteiger partial charge on any atom is -0.378 e. The second-order valence-corrected chi connectivity index (χ2v) is 5.93. The molecule has 0 aromatic heterocycles. The van der Waals surface area contributed by atoms with Crippen LogP contribution in [0.5, 0.6) is 0 Å². The zero-order chi connectivity index (χ0) is 15.1. The van der Waals surface area contributed by atoms with Gasteiger partial charge < -0.3 is 10.2 Å². The molecule has 112 valence electrons. The summed E-state index contributed by atoms with van der Waals surface area (Å²) in [5.74, 6) is 0.578. The second-order valence-electron chi connectivity index (χ2n) is 5.93. The molecule has 0 saturated heterocycles. The summed E-state index contributed by atoms with van der Waals surface area (Å²) in [6.07, 6.45) is 0. The average Bonchev–Trinajstić information content (AvgIpc) is 2.36. The summed E-state index contributed by atoms with van der Waals surface area (Å²) >= 11 is 0. The van der Waals surface area contributed by atoms with E-state index in [0.717, 1.165) is 13.1 Å². The van der Waals surface area contributed by atoms with Crippen LogP contribution in [0.1, 0.15) is 19.4 Å². The van der Waals surface area contributed by atoms with Crippen LogP contribution in [0, 0.1) is 5.92 Å². The molecule has 0 atom stereocenters. The standard InChI is InChI=1S/C16H27N3O/c1-13(2)10-17-16(20)12-19(5)11-14-6-8-15(9-7-14)18(3)4/h6-9,13H,10-12H2,1-5H3,(H,17,20). The van der Waals surface area contributed by atoms with Gasteiger partial charge in [-0.2, -0.15) is 0 Å². The number of amides is 1. The maximum Gasteiger partial charge on any atom is 0.234 e. The zero-order valence-electron chi connectivity index (χ0n) is 13.3. The van der Waals surface area contributed by atoms with Crippen LogP contribution in [0.2, 0.25) is 0 Å². The van der Waals surface area contributed by atoms with Crippen molar-refractivity contribution in [1.29, 1.82) is 0 Å². The van der Waals surface area contributed by atoms with E-state index < -0.39 is 0 Å². The van der Waals surface area contributed by atoms with Crippen LogP contribution in [0.15, 0.2) is 24.3 Å². The molecule has 1 amide bonds. The highest BCUT2D eigenvalue weighted by Gasteiger charge is 2.07. The summed E-state index contributed by atoms with van der Waals surface area (Å²) in [6, 6.07) is 8.42. The van der Waals surface area contributed by atoms with Crippen molar-refractivity contribution in [3.63, 3.8) is 0 Å². The van der Waals surface area contributed by atoms with Crippen molar-refractivity contribution >= 4 is 11.6 Å². The minimum atomic E-state index is 0.0890. The van der Waals surface area contributed by atoms with Crippen molar-refractivity contribution in [2.75, 3.05) is 39.1 Å². The van der Waals surface area contributed by atoms with Crippen LogP contribution in [0.3, 0.4) is 0 Å². The van der Waals surface area contributed by atoms with Crippen LogP contribution in [-0.2, 0) is 11.3 Å². The normalized spacial score (nSPS) is 10.9. The lowest BCUT2D eigenvalue weighted by Crippen LogP contribution is -2.36. The number of hydrogen-bond donors (Lipinski definition) is 1. The zero-order valence-corrected chi connectivity index (χ0v) is 13.3. The molecule has 0 unspecified atom stereocenters. The van der Waals surface area contributed by atoms with Crippen LogP contribution in [-0.4, -0.2) is 45.0 Å². The van der Waals surface area contributed by atoms with Gasteiger partial charge in [-0.05, 0) is 30.7 Å². The number of nitrogens with zero attached hydrogens (tertiary/aromatic N) is 2. The molecule has 1 aromatic rings. The highest BCUT2D eigenvalue weighted by Crippen LogP contribution is 2.13. The number of benzene rings is 1. The van der Waals surface area contributed by atoms with Crippen LogP contribution in [0.4, 0.5) is 5.69 Å². The van der Waals surface area contributed by atoms with Crippen molar-refractivity contribution in [3.05, 3.63) is 29.8 Å². The van der Waals surface area contributed by atoms with Gasteiger partial charge in [-0.3, -0.25) is 9.69 Å². The number of likely N-dealkylation sites (N-methyl/N-ethyl adjacent to an activating group) is 1. The largest absolute Gasteiger partial charge is 0.378 e. The van der Waals surface area contributed by atoms with E-state index in [0.29, 0.717) is 12.5 Å². The topological polar surface area (TPSA) is 35.6 Å². The van der Waals surface area contributed by atoms with Gasteiger partial charge >= 0.3 is 0 Å². The number of carbonyl (C=O) groups excluding carboxylic acids is 1. The lowest BCUT2D eigenvalue weighted by atomic mass is 10.2. The Morgan fingerprint density at radius 1 is 1.15 bits per heavy atom. The SMILES string of the molecule is CC(C)CNC(=O)CN(C)Cc1ccc(N(C)C)cc1. The van der Waals surface area contributed by atoms with Gasteiger partial charge in [0.05, 0.1) is 6.54 Å². The molecule has 0 spiro atoms. The van der Waals surface area contributed by atoms with E-state index in [1.54, 1.807) is 0 Å². The second kappa shape index (κ2) is 7.90. The third-order valence-corrected chi connectivity index (χ3v) is 3.03. The molecule has 1 rings (SSSR count). The van der Waals surface area contributed by atoms with E-state index in [2.05, 4.69) is 48.3 Å². The number of nitrogens with one attached hydrogen (secondary N) is 1. The number of anilines is 1.